The fraction of sp³-hybridized carbons (Fsp3) is 0.529. The number of nitrogens with one attached hydrogen (secondary N) is 2. The summed E-state index contributed by atoms with van der Waals surface area (Å²) in [5.74, 6) is -0.0233. The van der Waals surface area contributed by atoms with Crippen LogP contribution in [0.15, 0.2) is 24.3 Å². The van der Waals surface area contributed by atoms with E-state index in [1.165, 1.54) is 0 Å². The quantitative estimate of drug-likeness (QED) is 0.854. The Labute approximate surface area is 153 Å². The number of carbonyl (C=O) groups excluding carboxylic acids is 2. The van der Waals surface area contributed by atoms with E-state index in [-0.39, 0.29) is 42.1 Å². The maximum atomic E-state index is 12.5. The van der Waals surface area contributed by atoms with Gasteiger partial charge in [0, 0.05) is 23.7 Å². The average Bonchev–Trinajstić information content (AvgIpc) is 3.20. The van der Waals surface area contributed by atoms with E-state index in [4.69, 9.17) is 11.6 Å². The molecule has 2 amide bonds. The molecule has 132 valence electrons. The van der Waals surface area contributed by atoms with Gasteiger partial charge < -0.3 is 15.5 Å². The lowest BCUT2D eigenvalue weighted by molar-refractivity contribution is -0.135. The fourth-order valence-electron chi connectivity index (χ4n) is 3.50. The van der Waals surface area contributed by atoms with E-state index < -0.39 is 0 Å². The Balaban J connectivity index is 0.00000208. The molecule has 2 N–H and O–H groups in total. The molecule has 7 heteroatoms. The van der Waals surface area contributed by atoms with Gasteiger partial charge in [-0.25, -0.2) is 0 Å². The van der Waals surface area contributed by atoms with Gasteiger partial charge in [-0.3, -0.25) is 9.59 Å². The van der Waals surface area contributed by atoms with Crippen molar-refractivity contribution in [3.05, 3.63) is 29.3 Å². The Morgan fingerprint density at radius 2 is 2.08 bits per heavy atom. The first kappa shape index (κ1) is 19.0. The molecule has 1 aromatic carbocycles. The minimum absolute atomic E-state index is 0. The molecule has 1 heterocycles. The molecule has 2 aliphatic rings. The van der Waals surface area contributed by atoms with Crippen molar-refractivity contribution < 1.29 is 9.59 Å². The molecule has 0 radical (unpaired) electrons. The number of hydrogen-bond donors (Lipinski definition) is 2. The molecular weight excluding hydrogens is 349 g/mol. The molecule has 0 aromatic heterocycles. The maximum absolute atomic E-state index is 12.5. The van der Waals surface area contributed by atoms with Crippen LogP contribution in [0.4, 0.5) is 5.69 Å². The Hall–Kier alpha value is -1.30. The number of hydrogen-bond acceptors (Lipinski definition) is 3. The van der Waals surface area contributed by atoms with Gasteiger partial charge in [0.05, 0.1) is 6.54 Å². The van der Waals surface area contributed by atoms with Crippen LogP contribution < -0.4 is 10.6 Å². The summed E-state index contributed by atoms with van der Waals surface area (Å²) in [6.07, 6.45) is 3.09. The number of piperidine rings is 1. The first-order chi connectivity index (χ1) is 11.0. The average molecular weight is 372 g/mol. The van der Waals surface area contributed by atoms with Crippen molar-refractivity contribution in [1.82, 2.24) is 10.2 Å². The lowest BCUT2D eigenvalue weighted by Gasteiger charge is -2.25. The summed E-state index contributed by atoms with van der Waals surface area (Å²) in [5, 5.41) is 6.67. The number of anilines is 1. The highest BCUT2D eigenvalue weighted by Crippen LogP contribution is 2.59. The van der Waals surface area contributed by atoms with Gasteiger partial charge in [-0.1, -0.05) is 17.7 Å². The first-order valence-electron chi connectivity index (χ1n) is 8.01. The van der Waals surface area contributed by atoms with Crippen LogP contribution in [0, 0.1) is 11.3 Å². The summed E-state index contributed by atoms with van der Waals surface area (Å²) in [7, 11) is 1.70. The van der Waals surface area contributed by atoms with Crippen LogP contribution in [0.25, 0.3) is 0 Å². The highest BCUT2D eigenvalue weighted by molar-refractivity contribution is 6.30. The molecule has 1 atom stereocenters. The Kier molecular flexibility index (Phi) is 6.12. The Morgan fingerprint density at radius 3 is 2.75 bits per heavy atom. The highest BCUT2D eigenvalue weighted by Gasteiger charge is 2.58. The summed E-state index contributed by atoms with van der Waals surface area (Å²) >= 11 is 5.90. The predicted molar refractivity (Wildman–Crippen MR) is 97.6 cm³/mol. The van der Waals surface area contributed by atoms with Crippen molar-refractivity contribution in [2.75, 3.05) is 32.0 Å². The third-order valence-corrected chi connectivity index (χ3v) is 5.19. The van der Waals surface area contributed by atoms with Crippen LogP contribution in [0.1, 0.15) is 19.3 Å². The van der Waals surface area contributed by atoms with Gasteiger partial charge in [0.2, 0.25) is 11.8 Å². The number of carbonyl (C=O) groups is 2. The van der Waals surface area contributed by atoms with Crippen LogP contribution >= 0.6 is 24.0 Å². The molecule has 1 saturated carbocycles. The van der Waals surface area contributed by atoms with Crippen molar-refractivity contribution in [1.29, 1.82) is 0 Å². The van der Waals surface area contributed by atoms with Crippen molar-refractivity contribution in [3.63, 3.8) is 0 Å². The summed E-state index contributed by atoms with van der Waals surface area (Å²) in [4.78, 5) is 26.2. The number of likely N-dealkylation sites (N-methyl/N-ethyl adjacent to an activating group) is 1. The van der Waals surface area contributed by atoms with Crippen molar-refractivity contribution in [2.24, 2.45) is 11.3 Å². The SMILES string of the molecule is CN(CC(=O)Nc1cccc(Cl)c1)C(=O)C1CC12CCNCC2.Cl. The van der Waals surface area contributed by atoms with E-state index in [1.807, 2.05) is 0 Å². The summed E-state index contributed by atoms with van der Waals surface area (Å²) < 4.78 is 0. The summed E-state index contributed by atoms with van der Waals surface area (Å²) in [6.45, 7) is 2.04. The van der Waals surface area contributed by atoms with E-state index in [0.29, 0.717) is 10.7 Å². The fourth-order valence-corrected chi connectivity index (χ4v) is 3.69. The standard InChI is InChI=1S/C17H22ClN3O2.ClH/c1-21(11-15(22)20-13-4-2-3-12(18)9-13)16(23)14-10-17(14)5-7-19-8-6-17;/h2-4,9,14,19H,5-8,10-11H2,1H3,(H,20,22);1H. The molecule has 1 spiro atoms. The lowest BCUT2D eigenvalue weighted by Crippen LogP contribution is -2.38. The largest absolute Gasteiger partial charge is 0.336 e. The van der Waals surface area contributed by atoms with Crippen molar-refractivity contribution in [3.8, 4) is 0 Å². The van der Waals surface area contributed by atoms with Crippen LogP contribution in [-0.2, 0) is 9.59 Å². The Morgan fingerprint density at radius 1 is 1.38 bits per heavy atom. The van der Waals surface area contributed by atoms with Gasteiger partial charge in [-0.05, 0) is 56.0 Å². The minimum atomic E-state index is -0.205. The second-order valence-electron chi connectivity index (χ2n) is 6.62. The number of nitrogens with zero attached hydrogens (tertiary/aromatic N) is 1. The molecular formula is C17H23Cl2N3O2. The lowest BCUT2D eigenvalue weighted by atomic mass is 9.91. The predicted octanol–water partition coefficient (Wildman–Crippen LogP) is 2.55. The van der Waals surface area contributed by atoms with Crippen molar-refractivity contribution >= 4 is 41.5 Å². The maximum Gasteiger partial charge on any atom is 0.243 e. The zero-order valence-electron chi connectivity index (χ0n) is 13.7. The monoisotopic (exact) mass is 371 g/mol. The molecule has 5 nitrogen and oxygen atoms in total. The number of halogens is 2. The van der Waals surface area contributed by atoms with Crippen LogP contribution in [0.3, 0.4) is 0 Å². The van der Waals surface area contributed by atoms with Crippen LogP contribution in [0.5, 0.6) is 0 Å². The topological polar surface area (TPSA) is 61.4 Å². The van der Waals surface area contributed by atoms with Crippen LogP contribution in [0.2, 0.25) is 5.02 Å². The Bertz CT molecular complexity index is 618. The van der Waals surface area contributed by atoms with Gasteiger partial charge >= 0.3 is 0 Å². The van der Waals surface area contributed by atoms with Gasteiger partial charge in [0.25, 0.3) is 0 Å². The van der Waals surface area contributed by atoms with E-state index in [0.717, 1.165) is 32.4 Å². The van der Waals surface area contributed by atoms with Gasteiger partial charge in [-0.2, -0.15) is 0 Å². The zero-order valence-corrected chi connectivity index (χ0v) is 15.3. The van der Waals surface area contributed by atoms with E-state index in [1.54, 1.807) is 36.2 Å². The first-order valence-corrected chi connectivity index (χ1v) is 8.39. The summed E-state index contributed by atoms with van der Waals surface area (Å²) in [6, 6.07) is 6.99. The second-order valence-corrected chi connectivity index (χ2v) is 7.06. The van der Waals surface area contributed by atoms with Crippen LogP contribution in [-0.4, -0.2) is 43.4 Å². The van der Waals surface area contributed by atoms with Gasteiger partial charge in [0.1, 0.15) is 0 Å². The molecule has 3 rings (SSSR count). The van der Waals surface area contributed by atoms with E-state index in [9.17, 15) is 9.59 Å². The van der Waals surface area contributed by atoms with E-state index >= 15 is 0 Å². The van der Waals surface area contributed by atoms with E-state index in [2.05, 4.69) is 10.6 Å². The smallest absolute Gasteiger partial charge is 0.243 e. The number of amides is 2. The summed E-state index contributed by atoms with van der Waals surface area (Å²) in [5.41, 5.74) is 0.838. The molecule has 1 unspecified atom stereocenters. The third kappa shape index (κ3) is 4.21. The van der Waals surface area contributed by atoms with Gasteiger partial charge in [-0.15, -0.1) is 12.4 Å². The molecule has 1 aliphatic heterocycles. The molecule has 2 fully saturated rings. The molecule has 24 heavy (non-hydrogen) atoms. The minimum Gasteiger partial charge on any atom is -0.336 e. The van der Waals surface area contributed by atoms with Crippen molar-refractivity contribution in [2.45, 2.75) is 19.3 Å². The molecule has 0 bridgehead atoms. The normalized spacial score (nSPS) is 20.8. The molecule has 1 aliphatic carbocycles. The number of benzene rings is 1. The second kappa shape index (κ2) is 7.72. The third-order valence-electron chi connectivity index (χ3n) is 4.95. The molecule has 1 saturated heterocycles. The zero-order chi connectivity index (χ0) is 16.4. The number of rotatable bonds is 4. The highest BCUT2D eigenvalue weighted by atomic mass is 35.5. The van der Waals surface area contributed by atoms with Gasteiger partial charge in [0.15, 0.2) is 0 Å². The molecule has 1 aromatic rings.